The van der Waals surface area contributed by atoms with Crippen molar-refractivity contribution >= 4 is 10.4 Å². The summed E-state index contributed by atoms with van der Waals surface area (Å²) in [5, 5.41) is 8.53. The van der Waals surface area contributed by atoms with Crippen molar-refractivity contribution < 1.29 is 65.3 Å². The molecule has 0 aromatic heterocycles. The fraction of sp³-hybridized carbons (Fsp3) is 1.00. The van der Waals surface area contributed by atoms with Gasteiger partial charge in [0.2, 0.25) is 0 Å². The average Bonchev–Trinajstić information content (AvgIpc) is 2.78. The third kappa shape index (κ3) is 45.0. The second kappa shape index (κ2) is 30.5. The van der Waals surface area contributed by atoms with Gasteiger partial charge in [-0.25, -0.2) is 0 Å². The van der Waals surface area contributed by atoms with E-state index < -0.39 is 10.4 Å². The van der Waals surface area contributed by atoms with Crippen LogP contribution in [0.5, 0.6) is 0 Å². The molecule has 0 aromatic rings. The SMILES string of the molecule is COCCOCCOCCOCCOCCOCCOCCOCCOCCO.O=S(=O)(O)O. The van der Waals surface area contributed by atoms with Crippen LogP contribution in [0.25, 0.3) is 0 Å². The summed E-state index contributed by atoms with van der Waals surface area (Å²) < 4.78 is 79.0. The predicted molar refractivity (Wildman–Crippen MR) is 120 cm³/mol. The lowest BCUT2D eigenvalue weighted by molar-refractivity contribution is -0.0248. The van der Waals surface area contributed by atoms with Crippen LogP contribution in [0.4, 0.5) is 0 Å². The van der Waals surface area contributed by atoms with Gasteiger partial charge in [0.1, 0.15) is 0 Å². The fourth-order valence-corrected chi connectivity index (χ4v) is 1.85. The Morgan fingerprint density at radius 3 is 0.794 bits per heavy atom. The monoisotopic (exact) mass is 526 g/mol. The maximum absolute atomic E-state index is 8.74. The van der Waals surface area contributed by atoms with Gasteiger partial charge < -0.3 is 47.7 Å². The first-order chi connectivity index (χ1) is 16.4. The normalized spacial score (nSPS) is 11.4. The molecule has 208 valence electrons. The first-order valence-corrected chi connectivity index (χ1v) is 12.2. The van der Waals surface area contributed by atoms with Crippen LogP contribution in [0.1, 0.15) is 0 Å². The van der Waals surface area contributed by atoms with E-state index in [9.17, 15) is 0 Å². The molecule has 0 fully saturated rings. The molecule has 0 aliphatic rings. The van der Waals surface area contributed by atoms with Crippen molar-refractivity contribution in [3.05, 3.63) is 0 Å². The summed E-state index contributed by atoms with van der Waals surface area (Å²) in [5.41, 5.74) is 0. The lowest BCUT2D eigenvalue weighted by Crippen LogP contribution is -2.15. The molecule has 0 rings (SSSR count). The molecule has 34 heavy (non-hydrogen) atoms. The van der Waals surface area contributed by atoms with Gasteiger partial charge in [-0.3, -0.25) is 9.11 Å². The Bertz CT molecular complexity index is 432. The van der Waals surface area contributed by atoms with Gasteiger partial charge in [-0.2, -0.15) is 8.42 Å². The van der Waals surface area contributed by atoms with Crippen LogP contribution in [0.2, 0.25) is 0 Å². The number of methoxy groups -OCH3 is 1. The van der Waals surface area contributed by atoms with E-state index in [0.717, 1.165) is 0 Å². The summed E-state index contributed by atoms with van der Waals surface area (Å²) >= 11 is 0. The summed E-state index contributed by atoms with van der Waals surface area (Å²) in [6.45, 7) is 8.90. The smallest absolute Gasteiger partial charge is 0.394 e. The average molecular weight is 527 g/mol. The van der Waals surface area contributed by atoms with Gasteiger partial charge in [-0.1, -0.05) is 0 Å². The van der Waals surface area contributed by atoms with Gasteiger partial charge in [0.15, 0.2) is 0 Å². The minimum absolute atomic E-state index is 0.0322. The second-order valence-corrected chi connectivity index (χ2v) is 6.96. The quantitative estimate of drug-likeness (QED) is 0.0933. The van der Waals surface area contributed by atoms with Crippen LogP contribution in [-0.2, 0) is 53.0 Å². The number of ether oxygens (including phenoxy) is 9. The van der Waals surface area contributed by atoms with Crippen molar-refractivity contribution in [1.29, 1.82) is 0 Å². The van der Waals surface area contributed by atoms with Crippen molar-refractivity contribution in [2.24, 2.45) is 0 Å². The zero-order chi connectivity index (χ0) is 25.6. The molecule has 0 saturated carbocycles. The van der Waals surface area contributed by atoms with Gasteiger partial charge in [-0.15, -0.1) is 0 Å². The van der Waals surface area contributed by atoms with E-state index in [0.29, 0.717) is 112 Å². The van der Waals surface area contributed by atoms with Crippen LogP contribution < -0.4 is 0 Å². The van der Waals surface area contributed by atoms with Crippen molar-refractivity contribution in [3.8, 4) is 0 Å². The van der Waals surface area contributed by atoms with Crippen molar-refractivity contribution in [2.75, 3.05) is 126 Å². The third-order valence-electron chi connectivity index (χ3n) is 3.27. The lowest BCUT2D eigenvalue weighted by Gasteiger charge is -2.08. The summed E-state index contributed by atoms with van der Waals surface area (Å²) in [6, 6.07) is 0. The van der Waals surface area contributed by atoms with Crippen molar-refractivity contribution in [3.63, 3.8) is 0 Å². The molecule has 0 spiro atoms. The summed E-state index contributed by atoms with van der Waals surface area (Å²) in [6.07, 6.45) is 0. The molecule has 0 saturated heterocycles. The molecule has 0 aliphatic heterocycles. The van der Waals surface area contributed by atoms with Gasteiger partial charge in [0, 0.05) is 7.11 Å². The minimum Gasteiger partial charge on any atom is -0.394 e. The van der Waals surface area contributed by atoms with Crippen molar-refractivity contribution in [2.45, 2.75) is 0 Å². The van der Waals surface area contributed by atoms with Gasteiger partial charge in [0.05, 0.1) is 119 Å². The number of rotatable bonds is 26. The number of hydrogen-bond donors (Lipinski definition) is 3. The zero-order valence-corrected chi connectivity index (χ0v) is 20.8. The van der Waals surface area contributed by atoms with E-state index >= 15 is 0 Å². The molecule has 0 bridgehead atoms. The Morgan fingerprint density at radius 2 is 0.618 bits per heavy atom. The highest BCUT2D eigenvalue weighted by molar-refractivity contribution is 7.79. The number of aliphatic hydroxyl groups is 1. The predicted octanol–water partition coefficient (Wildman–Crippen LogP) is -0.895. The lowest BCUT2D eigenvalue weighted by atomic mass is 10.6. The molecule has 0 aliphatic carbocycles. The molecule has 0 heterocycles. The molecule has 14 nitrogen and oxygen atoms in total. The van der Waals surface area contributed by atoms with Crippen LogP contribution in [0.3, 0.4) is 0 Å². The van der Waals surface area contributed by atoms with Crippen molar-refractivity contribution in [1.82, 2.24) is 0 Å². The van der Waals surface area contributed by atoms with E-state index in [1.165, 1.54) is 0 Å². The fourth-order valence-electron chi connectivity index (χ4n) is 1.85. The number of aliphatic hydroxyl groups excluding tert-OH is 1. The highest BCUT2D eigenvalue weighted by atomic mass is 32.3. The highest BCUT2D eigenvalue weighted by Gasteiger charge is 1.95. The van der Waals surface area contributed by atoms with Gasteiger partial charge in [0.25, 0.3) is 0 Å². The Labute approximate surface area is 202 Å². The third-order valence-corrected chi connectivity index (χ3v) is 3.27. The van der Waals surface area contributed by atoms with Crippen LogP contribution in [-0.4, -0.2) is 149 Å². The second-order valence-electron chi connectivity index (χ2n) is 6.06. The Kier molecular flexibility index (Phi) is 32.0. The first kappa shape index (κ1) is 35.6. The van der Waals surface area contributed by atoms with Crippen LogP contribution in [0.15, 0.2) is 0 Å². The van der Waals surface area contributed by atoms with E-state index in [2.05, 4.69) is 0 Å². The topological polar surface area (TPSA) is 178 Å². The van der Waals surface area contributed by atoms with E-state index in [1.54, 1.807) is 7.11 Å². The summed E-state index contributed by atoms with van der Waals surface area (Å²) in [4.78, 5) is 0. The van der Waals surface area contributed by atoms with E-state index in [-0.39, 0.29) is 6.61 Å². The van der Waals surface area contributed by atoms with E-state index in [1.807, 2.05) is 0 Å². The maximum Gasteiger partial charge on any atom is 0.394 e. The summed E-state index contributed by atoms with van der Waals surface area (Å²) in [7, 11) is -3.02. The number of hydrogen-bond acceptors (Lipinski definition) is 12. The largest absolute Gasteiger partial charge is 0.394 e. The van der Waals surface area contributed by atoms with Crippen LogP contribution in [0, 0.1) is 0 Å². The van der Waals surface area contributed by atoms with Gasteiger partial charge >= 0.3 is 10.4 Å². The molecule has 0 unspecified atom stereocenters. The van der Waals surface area contributed by atoms with Crippen LogP contribution >= 0.6 is 0 Å². The Hall–Kier alpha value is -0.530. The first-order valence-electron chi connectivity index (χ1n) is 10.8. The molecule has 0 atom stereocenters. The highest BCUT2D eigenvalue weighted by Crippen LogP contribution is 1.85. The zero-order valence-electron chi connectivity index (χ0n) is 20.0. The molecule has 0 aromatic carbocycles. The standard InChI is InChI=1S/C19H40O10.H2O4S/c1-21-4-5-23-8-9-25-12-13-27-16-17-29-19-18-28-15-14-26-11-10-24-7-6-22-3-2-20;1-5(2,3)4/h20H,2-19H2,1H3;(H2,1,2,3,4). The molecule has 15 heteroatoms. The van der Waals surface area contributed by atoms with E-state index in [4.69, 9.17) is 65.3 Å². The molecule has 3 N–H and O–H groups in total. The maximum atomic E-state index is 8.74. The molecular weight excluding hydrogens is 484 g/mol. The molecular formula is C19H42O14S. The Balaban J connectivity index is 0. The summed E-state index contributed by atoms with van der Waals surface area (Å²) in [5.74, 6) is 0. The van der Waals surface area contributed by atoms with Gasteiger partial charge in [-0.05, 0) is 0 Å². The minimum atomic E-state index is -4.67. The Morgan fingerprint density at radius 1 is 0.441 bits per heavy atom. The molecule has 0 radical (unpaired) electrons. The molecule has 0 amide bonds.